The fraction of sp³-hybridized carbons (Fsp3) is 0.900. The van der Waals surface area contributed by atoms with Crippen LogP contribution in [-0.2, 0) is 14.8 Å². The molecule has 0 aromatic carbocycles. The third-order valence-electron chi connectivity index (χ3n) is 3.02. The molecule has 2 atom stereocenters. The van der Waals surface area contributed by atoms with Crippen LogP contribution in [0.4, 0.5) is 0 Å². The van der Waals surface area contributed by atoms with Gasteiger partial charge in [-0.2, -0.15) is 0 Å². The SMILES string of the molecule is O=C(O)CCS(=O)(=O)NCC1CCCCC1O. The van der Waals surface area contributed by atoms with E-state index in [-0.39, 0.29) is 12.5 Å². The van der Waals surface area contributed by atoms with Crippen molar-refractivity contribution in [2.24, 2.45) is 5.92 Å². The van der Waals surface area contributed by atoms with Crippen molar-refractivity contribution in [3.8, 4) is 0 Å². The van der Waals surface area contributed by atoms with Gasteiger partial charge in [0.25, 0.3) is 0 Å². The van der Waals surface area contributed by atoms with Crippen molar-refractivity contribution in [3.63, 3.8) is 0 Å². The van der Waals surface area contributed by atoms with Gasteiger partial charge in [0.15, 0.2) is 0 Å². The largest absolute Gasteiger partial charge is 0.481 e. The molecule has 0 heterocycles. The van der Waals surface area contributed by atoms with Crippen molar-refractivity contribution >= 4 is 16.0 Å². The van der Waals surface area contributed by atoms with Crippen LogP contribution in [0.25, 0.3) is 0 Å². The first-order chi connectivity index (χ1) is 7.91. The Kier molecular flexibility index (Phi) is 5.35. The van der Waals surface area contributed by atoms with Crippen LogP contribution < -0.4 is 4.72 Å². The standard InChI is InChI=1S/C10H19NO5S/c12-9-4-2-1-3-8(9)7-11-17(15,16)6-5-10(13)14/h8-9,11-12H,1-7H2,(H,13,14). The number of nitrogens with one attached hydrogen (secondary N) is 1. The first-order valence-electron chi connectivity index (χ1n) is 5.78. The zero-order valence-corrected chi connectivity index (χ0v) is 10.4. The molecule has 6 nitrogen and oxygen atoms in total. The Morgan fingerprint density at radius 3 is 2.53 bits per heavy atom. The first kappa shape index (κ1) is 14.4. The zero-order chi connectivity index (χ0) is 12.9. The van der Waals surface area contributed by atoms with Gasteiger partial charge in [0.05, 0.1) is 18.3 Å². The second kappa shape index (κ2) is 6.32. The van der Waals surface area contributed by atoms with E-state index >= 15 is 0 Å². The van der Waals surface area contributed by atoms with Gasteiger partial charge < -0.3 is 10.2 Å². The minimum Gasteiger partial charge on any atom is -0.481 e. The molecule has 100 valence electrons. The third-order valence-corrected chi connectivity index (χ3v) is 4.37. The number of hydrogen-bond donors (Lipinski definition) is 3. The summed E-state index contributed by atoms with van der Waals surface area (Å²) >= 11 is 0. The summed E-state index contributed by atoms with van der Waals surface area (Å²) in [7, 11) is -3.54. The van der Waals surface area contributed by atoms with Crippen LogP contribution in [0.1, 0.15) is 32.1 Å². The number of carboxylic acid groups (broad SMARTS) is 1. The van der Waals surface area contributed by atoms with Crippen molar-refractivity contribution < 1.29 is 23.4 Å². The Bertz CT molecular complexity index is 354. The first-order valence-corrected chi connectivity index (χ1v) is 7.43. The quantitative estimate of drug-likeness (QED) is 0.624. The van der Waals surface area contributed by atoms with E-state index in [4.69, 9.17) is 5.11 Å². The maximum atomic E-state index is 11.4. The molecule has 0 spiro atoms. The molecule has 1 fully saturated rings. The second-order valence-electron chi connectivity index (χ2n) is 4.42. The molecule has 0 amide bonds. The van der Waals surface area contributed by atoms with E-state index in [0.29, 0.717) is 6.42 Å². The molecule has 1 rings (SSSR count). The molecule has 17 heavy (non-hydrogen) atoms. The van der Waals surface area contributed by atoms with E-state index in [1.165, 1.54) is 0 Å². The van der Waals surface area contributed by atoms with Gasteiger partial charge in [-0.15, -0.1) is 0 Å². The second-order valence-corrected chi connectivity index (χ2v) is 6.35. The lowest BCUT2D eigenvalue weighted by molar-refractivity contribution is -0.136. The summed E-state index contributed by atoms with van der Waals surface area (Å²) in [5.41, 5.74) is 0. The van der Waals surface area contributed by atoms with E-state index in [1.807, 2.05) is 0 Å². The number of rotatable bonds is 6. The van der Waals surface area contributed by atoms with Gasteiger partial charge in [0, 0.05) is 6.54 Å². The lowest BCUT2D eigenvalue weighted by Crippen LogP contribution is -2.37. The topological polar surface area (TPSA) is 104 Å². The van der Waals surface area contributed by atoms with Gasteiger partial charge in [-0.3, -0.25) is 4.79 Å². The Balaban J connectivity index is 2.35. The van der Waals surface area contributed by atoms with Crippen LogP contribution >= 0.6 is 0 Å². The van der Waals surface area contributed by atoms with Gasteiger partial charge in [0.1, 0.15) is 0 Å². The average molecular weight is 265 g/mol. The minimum atomic E-state index is -3.54. The van der Waals surface area contributed by atoms with Gasteiger partial charge in [-0.05, 0) is 18.8 Å². The smallest absolute Gasteiger partial charge is 0.304 e. The number of carbonyl (C=O) groups is 1. The molecule has 7 heteroatoms. The third kappa shape index (κ3) is 5.47. The number of hydrogen-bond acceptors (Lipinski definition) is 4. The van der Waals surface area contributed by atoms with Crippen LogP contribution in [0, 0.1) is 5.92 Å². The summed E-state index contributed by atoms with van der Waals surface area (Å²) < 4.78 is 25.2. The van der Waals surface area contributed by atoms with Crippen LogP contribution in [-0.4, -0.2) is 43.0 Å². The van der Waals surface area contributed by atoms with Gasteiger partial charge >= 0.3 is 5.97 Å². The van der Waals surface area contributed by atoms with Crippen molar-refractivity contribution in [1.29, 1.82) is 0 Å². The summed E-state index contributed by atoms with van der Waals surface area (Å²) in [6.07, 6.45) is 2.64. The Labute approximate surface area is 101 Å². The molecular weight excluding hydrogens is 246 g/mol. The molecular formula is C10H19NO5S. The van der Waals surface area contributed by atoms with E-state index < -0.39 is 34.3 Å². The molecule has 1 saturated carbocycles. The van der Waals surface area contributed by atoms with E-state index in [2.05, 4.69) is 4.72 Å². The highest BCUT2D eigenvalue weighted by Crippen LogP contribution is 2.23. The number of aliphatic hydroxyl groups excluding tert-OH is 1. The van der Waals surface area contributed by atoms with E-state index in [0.717, 1.165) is 19.3 Å². The van der Waals surface area contributed by atoms with Crippen molar-refractivity contribution in [2.75, 3.05) is 12.3 Å². The lowest BCUT2D eigenvalue weighted by Gasteiger charge is -2.27. The predicted octanol–water partition coefficient (Wildman–Crippen LogP) is -0.0684. The van der Waals surface area contributed by atoms with Crippen LogP contribution in [0.5, 0.6) is 0 Å². The Morgan fingerprint density at radius 2 is 1.94 bits per heavy atom. The molecule has 0 bridgehead atoms. The summed E-state index contributed by atoms with van der Waals surface area (Å²) in [6.45, 7) is 0.198. The van der Waals surface area contributed by atoms with Crippen molar-refractivity contribution in [1.82, 2.24) is 4.72 Å². The van der Waals surface area contributed by atoms with Crippen LogP contribution in [0.15, 0.2) is 0 Å². The highest BCUT2D eigenvalue weighted by atomic mass is 32.2. The zero-order valence-electron chi connectivity index (χ0n) is 9.63. The molecule has 2 unspecified atom stereocenters. The van der Waals surface area contributed by atoms with Crippen LogP contribution in [0.3, 0.4) is 0 Å². The lowest BCUT2D eigenvalue weighted by atomic mass is 9.87. The summed E-state index contributed by atoms with van der Waals surface area (Å²) in [5, 5.41) is 18.1. The Hall–Kier alpha value is -0.660. The maximum absolute atomic E-state index is 11.4. The Morgan fingerprint density at radius 1 is 1.29 bits per heavy atom. The van der Waals surface area contributed by atoms with E-state index in [9.17, 15) is 18.3 Å². The number of carboxylic acids is 1. The van der Waals surface area contributed by atoms with Crippen molar-refractivity contribution in [2.45, 2.75) is 38.2 Å². The molecule has 0 radical (unpaired) electrons. The minimum absolute atomic E-state index is 0.0525. The number of aliphatic hydroxyl groups is 1. The maximum Gasteiger partial charge on any atom is 0.304 e. The van der Waals surface area contributed by atoms with Gasteiger partial charge in [0.2, 0.25) is 10.0 Å². The van der Waals surface area contributed by atoms with Gasteiger partial charge in [-0.25, -0.2) is 13.1 Å². The predicted molar refractivity (Wildman–Crippen MR) is 62.0 cm³/mol. The molecule has 0 aromatic rings. The molecule has 0 aromatic heterocycles. The molecule has 1 aliphatic carbocycles. The van der Waals surface area contributed by atoms with Crippen LogP contribution in [0.2, 0.25) is 0 Å². The normalized spacial score (nSPS) is 25.7. The number of aliphatic carboxylic acids is 1. The summed E-state index contributed by atoms with van der Waals surface area (Å²) in [5.74, 6) is -1.60. The highest BCUT2D eigenvalue weighted by Gasteiger charge is 2.24. The number of sulfonamides is 1. The van der Waals surface area contributed by atoms with Crippen molar-refractivity contribution in [3.05, 3.63) is 0 Å². The molecule has 1 aliphatic rings. The van der Waals surface area contributed by atoms with E-state index in [1.54, 1.807) is 0 Å². The molecule has 3 N–H and O–H groups in total. The summed E-state index contributed by atoms with van der Waals surface area (Å²) in [6, 6.07) is 0. The van der Waals surface area contributed by atoms with Gasteiger partial charge in [-0.1, -0.05) is 12.8 Å². The fourth-order valence-electron chi connectivity index (χ4n) is 1.95. The monoisotopic (exact) mass is 265 g/mol. The fourth-order valence-corrected chi connectivity index (χ4v) is 3.01. The highest BCUT2D eigenvalue weighted by molar-refractivity contribution is 7.89. The summed E-state index contributed by atoms with van der Waals surface area (Å²) in [4.78, 5) is 10.3. The molecule has 0 saturated heterocycles. The molecule has 0 aliphatic heterocycles. The average Bonchev–Trinajstić information content (AvgIpc) is 2.26.